The lowest BCUT2D eigenvalue weighted by Crippen LogP contribution is -2.15. The van der Waals surface area contributed by atoms with Crippen molar-refractivity contribution in [1.29, 1.82) is 0 Å². The van der Waals surface area contributed by atoms with Gasteiger partial charge in [-0.1, -0.05) is 18.4 Å². The van der Waals surface area contributed by atoms with E-state index in [0.717, 1.165) is 12.8 Å². The summed E-state index contributed by atoms with van der Waals surface area (Å²) in [6.07, 6.45) is 4.80. The summed E-state index contributed by atoms with van der Waals surface area (Å²) in [6.45, 7) is 4.97. The predicted octanol–water partition coefficient (Wildman–Crippen LogP) is 1.92. The minimum atomic E-state index is 0.384. The molecule has 1 fully saturated rings. The van der Waals surface area contributed by atoms with Gasteiger partial charge in [0.05, 0.1) is 6.54 Å². The van der Waals surface area contributed by atoms with E-state index in [-0.39, 0.29) is 0 Å². The molecular formula is C11H20N4O. The fourth-order valence-electron chi connectivity index (χ4n) is 1.62. The largest absolute Gasteiger partial charge is 0.407 e. The zero-order valence-electron chi connectivity index (χ0n) is 9.99. The molecule has 1 aromatic heterocycles. The summed E-state index contributed by atoms with van der Waals surface area (Å²) in [4.78, 5) is 0. The van der Waals surface area contributed by atoms with Crippen molar-refractivity contribution in [3.63, 3.8) is 0 Å². The SMILES string of the molecule is CCCC(C)Nc1nnc(CNC2CC2)o1. The van der Waals surface area contributed by atoms with Crippen LogP contribution in [-0.2, 0) is 6.54 Å². The Morgan fingerprint density at radius 1 is 1.44 bits per heavy atom. The van der Waals surface area contributed by atoms with Crippen molar-refractivity contribution in [2.24, 2.45) is 0 Å². The predicted molar refractivity (Wildman–Crippen MR) is 62.2 cm³/mol. The fraction of sp³-hybridized carbons (Fsp3) is 0.818. The van der Waals surface area contributed by atoms with Crippen LogP contribution in [-0.4, -0.2) is 22.3 Å². The molecule has 1 unspecified atom stereocenters. The summed E-state index contributed by atoms with van der Waals surface area (Å²) < 4.78 is 5.48. The molecular weight excluding hydrogens is 204 g/mol. The molecule has 1 heterocycles. The second-order valence-electron chi connectivity index (χ2n) is 4.49. The van der Waals surface area contributed by atoms with Crippen LogP contribution in [0, 0.1) is 0 Å². The number of anilines is 1. The standard InChI is InChI=1S/C11H20N4O/c1-3-4-8(2)13-11-15-14-10(16-11)7-12-9-5-6-9/h8-9,12H,3-7H2,1-2H3,(H,13,15). The Labute approximate surface area is 96.0 Å². The van der Waals surface area contributed by atoms with Gasteiger partial charge in [-0.05, 0) is 26.2 Å². The van der Waals surface area contributed by atoms with Crippen LogP contribution in [0.3, 0.4) is 0 Å². The van der Waals surface area contributed by atoms with Crippen molar-refractivity contribution in [3.05, 3.63) is 5.89 Å². The average molecular weight is 224 g/mol. The number of rotatable bonds is 7. The first-order valence-electron chi connectivity index (χ1n) is 6.10. The van der Waals surface area contributed by atoms with Crippen LogP contribution in [0.5, 0.6) is 0 Å². The molecule has 5 nitrogen and oxygen atoms in total. The molecule has 90 valence electrons. The maximum Gasteiger partial charge on any atom is 0.315 e. The van der Waals surface area contributed by atoms with E-state index in [1.807, 2.05) is 0 Å². The number of hydrogen-bond donors (Lipinski definition) is 2. The molecule has 5 heteroatoms. The summed E-state index contributed by atoms with van der Waals surface area (Å²) >= 11 is 0. The number of nitrogens with one attached hydrogen (secondary N) is 2. The Kier molecular flexibility index (Phi) is 3.77. The summed E-state index contributed by atoms with van der Waals surface area (Å²) in [5.74, 6) is 0.665. The van der Waals surface area contributed by atoms with Crippen LogP contribution in [0.2, 0.25) is 0 Å². The highest BCUT2D eigenvalue weighted by Gasteiger charge is 2.21. The van der Waals surface area contributed by atoms with Crippen LogP contribution < -0.4 is 10.6 Å². The molecule has 0 aliphatic heterocycles. The lowest BCUT2D eigenvalue weighted by Gasteiger charge is -2.09. The topological polar surface area (TPSA) is 63.0 Å². The van der Waals surface area contributed by atoms with Crippen molar-refractivity contribution >= 4 is 6.01 Å². The zero-order valence-corrected chi connectivity index (χ0v) is 9.99. The monoisotopic (exact) mass is 224 g/mol. The molecule has 2 N–H and O–H groups in total. The Morgan fingerprint density at radius 3 is 2.94 bits per heavy atom. The average Bonchev–Trinajstić information content (AvgIpc) is 2.98. The van der Waals surface area contributed by atoms with Gasteiger partial charge < -0.3 is 15.1 Å². The maximum absolute atomic E-state index is 5.48. The van der Waals surface area contributed by atoms with E-state index in [1.165, 1.54) is 12.8 Å². The maximum atomic E-state index is 5.48. The molecule has 16 heavy (non-hydrogen) atoms. The molecule has 2 rings (SSSR count). The summed E-state index contributed by atoms with van der Waals surface area (Å²) in [5, 5.41) is 14.5. The third-order valence-electron chi connectivity index (χ3n) is 2.68. The van der Waals surface area contributed by atoms with E-state index < -0.39 is 0 Å². The van der Waals surface area contributed by atoms with Crippen LogP contribution in [0.15, 0.2) is 4.42 Å². The van der Waals surface area contributed by atoms with Gasteiger partial charge in [0.1, 0.15) is 0 Å². The van der Waals surface area contributed by atoms with E-state index in [2.05, 4.69) is 34.7 Å². The smallest absolute Gasteiger partial charge is 0.315 e. The van der Waals surface area contributed by atoms with E-state index in [9.17, 15) is 0 Å². The van der Waals surface area contributed by atoms with Crippen molar-refractivity contribution in [3.8, 4) is 0 Å². The normalized spacial score (nSPS) is 17.4. The molecule has 1 aliphatic rings. The molecule has 1 aliphatic carbocycles. The van der Waals surface area contributed by atoms with E-state index in [0.29, 0.717) is 30.5 Å². The second-order valence-corrected chi connectivity index (χ2v) is 4.49. The molecule has 1 atom stereocenters. The molecule has 0 spiro atoms. The quantitative estimate of drug-likeness (QED) is 0.741. The molecule has 1 saturated carbocycles. The third kappa shape index (κ3) is 3.48. The lowest BCUT2D eigenvalue weighted by molar-refractivity contribution is 0.471. The Hall–Kier alpha value is -1.10. The van der Waals surface area contributed by atoms with Gasteiger partial charge in [0.25, 0.3) is 0 Å². The summed E-state index contributed by atoms with van der Waals surface area (Å²) in [5.41, 5.74) is 0. The van der Waals surface area contributed by atoms with Gasteiger partial charge in [0.2, 0.25) is 5.89 Å². The highest BCUT2D eigenvalue weighted by molar-refractivity contribution is 5.18. The Balaban J connectivity index is 1.76. The number of nitrogens with zero attached hydrogens (tertiary/aromatic N) is 2. The minimum Gasteiger partial charge on any atom is -0.407 e. The summed E-state index contributed by atoms with van der Waals surface area (Å²) in [7, 11) is 0. The van der Waals surface area contributed by atoms with E-state index in [1.54, 1.807) is 0 Å². The Bertz CT molecular complexity index is 322. The third-order valence-corrected chi connectivity index (χ3v) is 2.68. The van der Waals surface area contributed by atoms with Gasteiger partial charge >= 0.3 is 6.01 Å². The van der Waals surface area contributed by atoms with Gasteiger partial charge in [0.15, 0.2) is 0 Å². The fourth-order valence-corrected chi connectivity index (χ4v) is 1.62. The Morgan fingerprint density at radius 2 is 2.25 bits per heavy atom. The highest BCUT2D eigenvalue weighted by atomic mass is 16.4. The first-order chi connectivity index (χ1) is 7.78. The van der Waals surface area contributed by atoms with Crippen molar-refractivity contribution < 1.29 is 4.42 Å². The molecule has 0 bridgehead atoms. The van der Waals surface area contributed by atoms with Gasteiger partial charge in [-0.3, -0.25) is 0 Å². The van der Waals surface area contributed by atoms with E-state index in [4.69, 9.17) is 4.42 Å². The van der Waals surface area contributed by atoms with Crippen molar-refractivity contribution in [1.82, 2.24) is 15.5 Å². The first-order valence-corrected chi connectivity index (χ1v) is 6.10. The minimum absolute atomic E-state index is 0.384. The van der Waals surface area contributed by atoms with Crippen molar-refractivity contribution in [2.75, 3.05) is 5.32 Å². The molecule has 0 amide bonds. The highest BCUT2D eigenvalue weighted by Crippen LogP contribution is 2.19. The molecule has 1 aromatic rings. The second kappa shape index (κ2) is 5.30. The van der Waals surface area contributed by atoms with Crippen LogP contribution in [0.25, 0.3) is 0 Å². The van der Waals surface area contributed by atoms with Crippen molar-refractivity contribution in [2.45, 2.75) is 58.2 Å². The van der Waals surface area contributed by atoms with Crippen LogP contribution >= 0.6 is 0 Å². The number of aromatic nitrogens is 2. The molecule has 0 saturated heterocycles. The van der Waals surface area contributed by atoms with Gasteiger partial charge in [-0.25, -0.2) is 0 Å². The molecule has 0 radical (unpaired) electrons. The van der Waals surface area contributed by atoms with Gasteiger partial charge in [0, 0.05) is 12.1 Å². The van der Waals surface area contributed by atoms with Crippen LogP contribution in [0.4, 0.5) is 6.01 Å². The molecule has 0 aromatic carbocycles. The number of hydrogen-bond acceptors (Lipinski definition) is 5. The van der Waals surface area contributed by atoms with Gasteiger partial charge in [-0.15, -0.1) is 5.10 Å². The lowest BCUT2D eigenvalue weighted by atomic mass is 10.2. The van der Waals surface area contributed by atoms with E-state index >= 15 is 0 Å². The zero-order chi connectivity index (χ0) is 11.4. The van der Waals surface area contributed by atoms with Crippen LogP contribution in [0.1, 0.15) is 45.4 Å². The van der Waals surface area contributed by atoms with Gasteiger partial charge in [-0.2, -0.15) is 0 Å². The first kappa shape index (κ1) is 11.4. The summed E-state index contributed by atoms with van der Waals surface area (Å²) in [6, 6.07) is 1.59.